The van der Waals surface area contributed by atoms with Crippen LogP contribution in [0.5, 0.6) is 0 Å². The molecule has 0 aliphatic heterocycles. The highest BCUT2D eigenvalue weighted by atomic mass is 35.5. The van der Waals surface area contributed by atoms with Gasteiger partial charge in [0.2, 0.25) is 0 Å². The molecule has 138 valence electrons. The third-order valence-electron chi connectivity index (χ3n) is 6.98. The van der Waals surface area contributed by atoms with Crippen molar-refractivity contribution in [2.45, 2.75) is 64.2 Å². The summed E-state index contributed by atoms with van der Waals surface area (Å²) in [6.45, 7) is 2.34. The van der Waals surface area contributed by atoms with E-state index in [2.05, 4.69) is 43.3 Å². The van der Waals surface area contributed by atoms with E-state index in [0.717, 1.165) is 28.7 Å². The first-order valence-electron chi connectivity index (χ1n) is 10.6. The van der Waals surface area contributed by atoms with Crippen LogP contribution < -0.4 is 0 Å². The van der Waals surface area contributed by atoms with Crippen molar-refractivity contribution in [2.24, 2.45) is 17.8 Å². The summed E-state index contributed by atoms with van der Waals surface area (Å²) in [5, 5.41) is 0.802. The highest BCUT2D eigenvalue weighted by molar-refractivity contribution is 6.30. The maximum atomic E-state index is 6.01. The molecule has 2 saturated carbocycles. The molecule has 1 heteroatoms. The first-order chi connectivity index (χ1) is 12.7. The number of hydrogen-bond donors (Lipinski definition) is 0. The second kappa shape index (κ2) is 8.17. The standard InChI is InChI=1S/C25H31Cl/c1-2-3-18-4-5-24-17-23(11-10-22(24)16-18)21-8-6-19(7-9-21)20-12-14-25(26)15-13-20/h6-9,12-15,18,22-24H,2-5,10-11,16-17H2,1H3/t18?,22-,23-,24-/m1/s1. The van der Waals surface area contributed by atoms with E-state index in [9.17, 15) is 0 Å². The van der Waals surface area contributed by atoms with Crippen molar-refractivity contribution in [1.29, 1.82) is 0 Å². The summed E-state index contributed by atoms with van der Waals surface area (Å²) in [6, 6.07) is 17.5. The van der Waals surface area contributed by atoms with E-state index in [1.165, 1.54) is 62.5 Å². The molecule has 2 fully saturated rings. The molecular formula is C25H31Cl. The Morgan fingerprint density at radius 1 is 0.769 bits per heavy atom. The molecule has 0 radical (unpaired) electrons. The number of rotatable bonds is 4. The van der Waals surface area contributed by atoms with Gasteiger partial charge in [0.1, 0.15) is 0 Å². The Morgan fingerprint density at radius 2 is 1.38 bits per heavy atom. The Hall–Kier alpha value is -1.27. The van der Waals surface area contributed by atoms with Crippen LogP contribution in [0.1, 0.15) is 69.8 Å². The summed E-state index contributed by atoms with van der Waals surface area (Å²) in [5.74, 6) is 3.80. The molecule has 2 aliphatic rings. The minimum absolute atomic E-state index is 0.776. The van der Waals surface area contributed by atoms with Gasteiger partial charge in [-0.1, -0.05) is 74.2 Å². The number of fused-ring (bicyclic) bond motifs is 1. The lowest BCUT2D eigenvalue weighted by Gasteiger charge is -2.42. The van der Waals surface area contributed by atoms with E-state index in [-0.39, 0.29) is 0 Å². The van der Waals surface area contributed by atoms with Crippen LogP contribution in [0.25, 0.3) is 11.1 Å². The summed E-state index contributed by atoms with van der Waals surface area (Å²) in [7, 11) is 0. The molecule has 0 amide bonds. The maximum Gasteiger partial charge on any atom is 0.0406 e. The second-order valence-electron chi connectivity index (χ2n) is 8.63. The SMILES string of the molecule is CCCC1CC[C@@H]2C[C@H](c3ccc(-c4ccc(Cl)cc4)cc3)CC[C@@H]2C1. The Morgan fingerprint density at radius 3 is 2.08 bits per heavy atom. The van der Waals surface area contributed by atoms with Gasteiger partial charge in [-0.2, -0.15) is 0 Å². The predicted molar refractivity (Wildman–Crippen MR) is 113 cm³/mol. The van der Waals surface area contributed by atoms with Crippen LogP contribution in [-0.2, 0) is 0 Å². The quantitative estimate of drug-likeness (QED) is 0.512. The topological polar surface area (TPSA) is 0 Å². The van der Waals surface area contributed by atoms with Crippen LogP contribution in [0, 0.1) is 17.8 Å². The molecular weight excluding hydrogens is 336 g/mol. The van der Waals surface area contributed by atoms with Gasteiger partial charge in [-0.25, -0.2) is 0 Å². The smallest absolute Gasteiger partial charge is 0.0406 e. The molecule has 0 heterocycles. The Bertz CT molecular complexity index is 700. The molecule has 4 atom stereocenters. The van der Waals surface area contributed by atoms with Crippen molar-refractivity contribution in [3.8, 4) is 11.1 Å². The molecule has 0 nitrogen and oxygen atoms in total. The van der Waals surface area contributed by atoms with Crippen molar-refractivity contribution >= 4 is 11.6 Å². The van der Waals surface area contributed by atoms with Crippen molar-refractivity contribution in [1.82, 2.24) is 0 Å². The Balaban J connectivity index is 1.40. The average Bonchev–Trinajstić information content (AvgIpc) is 2.69. The predicted octanol–water partition coefficient (Wildman–Crippen LogP) is 8.11. The lowest BCUT2D eigenvalue weighted by atomic mass is 9.63. The molecule has 4 rings (SSSR count). The van der Waals surface area contributed by atoms with Crippen LogP contribution in [0.4, 0.5) is 0 Å². The van der Waals surface area contributed by atoms with Gasteiger partial charge in [-0.15, -0.1) is 0 Å². The minimum Gasteiger partial charge on any atom is -0.0843 e. The van der Waals surface area contributed by atoms with Crippen LogP contribution in [0.15, 0.2) is 48.5 Å². The van der Waals surface area contributed by atoms with Gasteiger partial charge < -0.3 is 0 Å². The summed E-state index contributed by atoms with van der Waals surface area (Å²) >= 11 is 6.01. The first-order valence-corrected chi connectivity index (χ1v) is 11.0. The molecule has 0 aromatic heterocycles. The van der Waals surface area contributed by atoms with Gasteiger partial charge in [0.05, 0.1) is 0 Å². The van der Waals surface area contributed by atoms with Crippen LogP contribution in [-0.4, -0.2) is 0 Å². The van der Waals surface area contributed by atoms with Gasteiger partial charge in [-0.05, 0) is 84.6 Å². The Kier molecular flexibility index (Phi) is 5.69. The monoisotopic (exact) mass is 366 g/mol. The van der Waals surface area contributed by atoms with Crippen molar-refractivity contribution < 1.29 is 0 Å². The fraction of sp³-hybridized carbons (Fsp3) is 0.520. The van der Waals surface area contributed by atoms with E-state index in [0.29, 0.717) is 0 Å². The highest BCUT2D eigenvalue weighted by Crippen LogP contribution is 2.48. The van der Waals surface area contributed by atoms with E-state index >= 15 is 0 Å². The first kappa shape index (κ1) is 18.1. The van der Waals surface area contributed by atoms with Gasteiger partial charge in [-0.3, -0.25) is 0 Å². The van der Waals surface area contributed by atoms with Crippen molar-refractivity contribution in [2.75, 3.05) is 0 Å². The van der Waals surface area contributed by atoms with E-state index < -0.39 is 0 Å². The Labute approximate surface area is 164 Å². The zero-order chi connectivity index (χ0) is 17.9. The third-order valence-corrected chi connectivity index (χ3v) is 7.23. The number of halogens is 1. The van der Waals surface area contributed by atoms with E-state index in [1.54, 1.807) is 5.56 Å². The molecule has 1 unspecified atom stereocenters. The second-order valence-corrected chi connectivity index (χ2v) is 9.06. The molecule has 2 aliphatic carbocycles. The van der Waals surface area contributed by atoms with Gasteiger partial charge in [0, 0.05) is 5.02 Å². The maximum absolute atomic E-state index is 6.01. The van der Waals surface area contributed by atoms with Crippen LogP contribution in [0.3, 0.4) is 0 Å². The molecule has 0 N–H and O–H groups in total. The summed E-state index contributed by atoms with van der Waals surface area (Å²) in [4.78, 5) is 0. The fourth-order valence-corrected chi connectivity index (χ4v) is 5.68. The number of hydrogen-bond acceptors (Lipinski definition) is 0. The fourth-order valence-electron chi connectivity index (χ4n) is 5.55. The number of benzene rings is 2. The van der Waals surface area contributed by atoms with Gasteiger partial charge in [0.25, 0.3) is 0 Å². The third kappa shape index (κ3) is 4.01. The van der Waals surface area contributed by atoms with Gasteiger partial charge in [0.15, 0.2) is 0 Å². The highest BCUT2D eigenvalue weighted by Gasteiger charge is 2.35. The van der Waals surface area contributed by atoms with Crippen molar-refractivity contribution in [3.63, 3.8) is 0 Å². The normalized spacial score (nSPS) is 28.5. The lowest BCUT2D eigenvalue weighted by Crippen LogP contribution is -2.30. The molecule has 26 heavy (non-hydrogen) atoms. The molecule has 0 spiro atoms. The van der Waals surface area contributed by atoms with E-state index in [4.69, 9.17) is 11.6 Å². The molecule has 2 aromatic rings. The zero-order valence-electron chi connectivity index (χ0n) is 16.0. The largest absolute Gasteiger partial charge is 0.0843 e. The van der Waals surface area contributed by atoms with Crippen molar-refractivity contribution in [3.05, 3.63) is 59.1 Å². The van der Waals surface area contributed by atoms with E-state index in [1.807, 2.05) is 12.1 Å². The molecule has 0 saturated heterocycles. The zero-order valence-corrected chi connectivity index (χ0v) is 16.7. The summed E-state index contributed by atoms with van der Waals surface area (Å²) < 4.78 is 0. The lowest BCUT2D eigenvalue weighted by molar-refractivity contribution is 0.114. The summed E-state index contributed by atoms with van der Waals surface area (Å²) in [5.41, 5.74) is 4.09. The average molecular weight is 367 g/mol. The summed E-state index contributed by atoms with van der Waals surface area (Å²) in [6.07, 6.45) is 11.6. The molecule has 2 aromatic carbocycles. The van der Waals surface area contributed by atoms with Crippen LogP contribution in [0.2, 0.25) is 5.02 Å². The molecule has 0 bridgehead atoms. The van der Waals surface area contributed by atoms with Crippen LogP contribution >= 0.6 is 11.6 Å². The minimum atomic E-state index is 0.776. The van der Waals surface area contributed by atoms with Gasteiger partial charge >= 0.3 is 0 Å².